The number of nitrogens with one attached hydrogen (secondary N) is 2. The molecule has 0 aromatic heterocycles. The smallest absolute Gasteiger partial charge is 0.237 e. The van der Waals surface area contributed by atoms with E-state index < -0.39 is 0 Å². The van der Waals surface area contributed by atoms with Crippen LogP contribution in [0.15, 0.2) is 12.7 Å². The summed E-state index contributed by atoms with van der Waals surface area (Å²) >= 11 is 0. The number of rotatable bonds is 8. The summed E-state index contributed by atoms with van der Waals surface area (Å²) < 4.78 is 0. The fourth-order valence-electron chi connectivity index (χ4n) is 1.57. The molecule has 4 nitrogen and oxygen atoms in total. The van der Waals surface area contributed by atoms with E-state index in [2.05, 4.69) is 29.2 Å². The lowest BCUT2D eigenvalue weighted by atomic mass is 10.3. The number of hydrogen-bond donors (Lipinski definition) is 2. The maximum absolute atomic E-state index is 11.5. The molecule has 1 unspecified atom stereocenters. The lowest BCUT2D eigenvalue weighted by molar-refractivity contribution is -0.122. The van der Waals surface area contributed by atoms with E-state index in [4.69, 9.17) is 0 Å². The molecule has 1 aliphatic rings. The lowest BCUT2D eigenvalue weighted by Gasteiger charge is -2.18. The molecule has 0 aliphatic heterocycles. The standard InChI is InChI=1S/C12H23N3O/c1-4-7-14-12(16)10(2)13-8-9-15(3)11-5-6-11/h4,10-11,13H,1,5-9H2,2-3H3,(H,14,16). The third-order valence-corrected chi connectivity index (χ3v) is 2.90. The van der Waals surface area contributed by atoms with E-state index in [0.29, 0.717) is 6.54 Å². The highest BCUT2D eigenvalue weighted by Crippen LogP contribution is 2.24. The van der Waals surface area contributed by atoms with Crippen molar-refractivity contribution in [2.24, 2.45) is 0 Å². The lowest BCUT2D eigenvalue weighted by Crippen LogP contribution is -2.44. The Balaban J connectivity index is 2.06. The molecule has 0 aromatic carbocycles. The fraction of sp³-hybridized carbons (Fsp3) is 0.750. The summed E-state index contributed by atoms with van der Waals surface area (Å²) in [5.74, 6) is 0.0361. The van der Waals surface area contributed by atoms with Crippen LogP contribution in [0.4, 0.5) is 0 Å². The average Bonchev–Trinajstić information content (AvgIpc) is 3.09. The van der Waals surface area contributed by atoms with E-state index >= 15 is 0 Å². The zero-order chi connectivity index (χ0) is 12.0. The number of carbonyl (C=O) groups excluding carboxylic acids is 1. The predicted octanol–water partition coefficient (Wildman–Crippen LogP) is 0.361. The third kappa shape index (κ3) is 4.77. The van der Waals surface area contributed by atoms with Crippen LogP contribution in [-0.2, 0) is 4.79 Å². The van der Waals surface area contributed by atoms with Gasteiger partial charge in [0.15, 0.2) is 0 Å². The van der Waals surface area contributed by atoms with E-state index in [1.54, 1.807) is 6.08 Å². The quantitative estimate of drug-likeness (QED) is 0.586. The molecule has 0 spiro atoms. The minimum Gasteiger partial charge on any atom is -0.351 e. The number of hydrogen-bond acceptors (Lipinski definition) is 3. The maximum Gasteiger partial charge on any atom is 0.237 e. The van der Waals surface area contributed by atoms with Crippen molar-refractivity contribution in [2.75, 3.05) is 26.7 Å². The molecule has 1 fully saturated rings. The second kappa shape index (κ2) is 6.66. The van der Waals surface area contributed by atoms with Crippen LogP contribution in [0.2, 0.25) is 0 Å². The van der Waals surface area contributed by atoms with Crippen LogP contribution in [0.1, 0.15) is 19.8 Å². The molecular weight excluding hydrogens is 202 g/mol. The van der Waals surface area contributed by atoms with Gasteiger partial charge in [-0.2, -0.15) is 0 Å². The zero-order valence-electron chi connectivity index (χ0n) is 10.3. The van der Waals surface area contributed by atoms with Gasteiger partial charge in [-0.05, 0) is 26.8 Å². The van der Waals surface area contributed by atoms with E-state index in [9.17, 15) is 4.79 Å². The Morgan fingerprint density at radius 1 is 1.62 bits per heavy atom. The minimum atomic E-state index is -0.132. The second-order valence-electron chi connectivity index (χ2n) is 4.42. The molecule has 0 bridgehead atoms. The summed E-state index contributed by atoms with van der Waals surface area (Å²) in [4.78, 5) is 13.8. The van der Waals surface area contributed by atoms with Crippen LogP contribution in [0.5, 0.6) is 0 Å². The molecule has 92 valence electrons. The van der Waals surface area contributed by atoms with Crippen molar-refractivity contribution in [1.82, 2.24) is 15.5 Å². The second-order valence-corrected chi connectivity index (χ2v) is 4.42. The molecule has 1 amide bonds. The van der Waals surface area contributed by atoms with E-state index in [-0.39, 0.29) is 11.9 Å². The number of carbonyl (C=O) groups is 1. The van der Waals surface area contributed by atoms with Gasteiger partial charge in [-0.25, -0.2) is 0 Å². The Bertz CT molecular complexity index is 238. The van der Waals surface area contributed by atoms with Gasteiger partial charge in [0.2, 0.25) is 5.91 Å². The minimum absolute atomic E-state index is 0.0361. The normalized spacial score (nSPS) is 17.2. The molecule has 1 atom stereocenters. The summed E-state index contributed by atoms with van der Waals surface area (Å²) in [6.45, 7) is 7.84. The summed E-state index contributed by atoms with van der Waals surface area (Å²) in [6, 6.07) is 0.652. The van der Waals surface area contributed by atoms with Crippen LogP contribution < -0.4 is 10.6 Å². The molecule has 0 heterocycles. The first-order valence-electron chi connectivity index (χ1n) is 5.97. The summed E-state index contributed by atoms with van der Waals surface area (Å²) in [5, 5.41) is 5.99. The highest BCUT2D eigenvalue weighted by Gasteiger charge is 2.25. The predicted molar refractivity (Wildman–Crippen MR) is 66.3 cm³/mol. The van der Waals surface area contributed by atoms with Crippen molar-refractivity contribution in [3.63, 3.8) is 0 Å². The van der Waals surface area contributed by atoms with Gasteiger partial charge in [-0.1, -0.05) is 6.08 Å². The first-order chi connectivity index (χ1) is 7.65. The van der Waals surface area contributed by atoms with E-state index in [1.165, 1.54) is 12.8 Å². The van der Waals surface area contributed by atoms with Crippen LogP contribution in [0.3, 0.4) is 0 Å². The van der Waals surface area contributed by atoms with Crippen molar-refractivity contribution < 1.29 is 4.79 Å². The van der Waals surface area contributed by atoms with Gasteiger partial charge < -0.3 is 15.5 Å². The summed E-state index contributed by atoms with van der Waals surface area (Å²) in [7, 11) is 2.14. The topological polar surface area (TPSA) is 44.4 Å². The molecular formula is C12H23N3O. The van der Waals surface area contributed by atoms with Crippen molar-refractivity contribution in [1.29, 1.82) is 0 Å². The van der Waals surface area contributed by atoms with Gasteiger partial charge in [-0.15, -0.1) is 6.58 Å². The summed E-state index contributed by atoms with van der Waals surface area (Å²) in [6.07, 6.45) is 4.34. The Labute approximate surface area is 98.1 Å². The van der Waals surface area contributed by atoms with Crippen molar-refractivity contribution >= 4 is 5.91 Å². The van der Waals surface area contributed by atoms with Crippen molar-refractivity contribution in [2.45, 2.75) is 31.8 Å². The van der Waals surface area contributed by atoms with Gasteiger partial charge in [0.1, 0.15) is 0 Å². The Kier molecular flexibility index (Phi) is 5.49. The number of amides is 1. The highest BCUT2D eigenvalue weighted by molar-refractivity contribution is 5.81. The fourth-order valence-corrected chi connectivity index (χ4v) is 1.57. The Morgan fingerprint density at radius 2 is 2.31 bits per heavy atom. The molecule has 2 N–H and O–H groups in total. The Morgan fingerprint density at radius 3 is 2.88 bits per heavy atom. The molecule has 0 radical (unpaired) electrons. The largest absolute Gasteiger partial charge is 0.351 e. The monoisotopic (exact) mass is 225 g/mol. The molecule has 1 saturated carbocycles. The van der Waals surface area contributed by atoms with E-state index in [0.717, 1.165) is 19.1 Å². The van der Waals surface area contributed by atoms with Crippen LogP contribution >= 0.6 is 0 Å². The summed E-state index contributed by atoms with van der Waals surface area (Å²) in [5.41, 5.74) is 0. The van der Waals surface area contributed by atoms with Crippen LogP contribution in [-0.4, -0.2) is 49.6 Å². The SMILES string of the molecule is C=CCNC(=O)C(C)NCCN(C)C1CC1. The van der Waals surface area contributed by atoms with Gasteiger partial charge in [0.25, 0.3) is 0 Å². The third-order valence-electron chi connectivity index (χ3n) is 2.90. The zero-order valence-corrected chi connectivity index (χ0v) is 10.3. The molecule has 0 aromatic rings. The number of nitrogens with zero attached hydrogens (tertiary/aromatic N) is 1. The van der Waals surface area contributed by atoms with Gasteiger partial charge in [0.05, 0.1) is 6.04 Å². The maximum atomic E-state index is 11.5. The van der Waals surface area contributed by atoms with Crippen molar-refractivity contribution in [3.8, 4) is 0 Å². The van der Waals surface area contributed by atoms with Crippen molar-refractivity contribution in [3.05, 3.63) is 12.7 Å². The Hall–Kier alpha value is -0.870. The molecule has 4 heteroatoms. The molecule has 16 heavy (non-hydrogen) atoms. The first kappa shape index (κ1) is 13.2. The van der Waals surface area contributed by atoms with Gasteiger partial charge >= 0.3 is 0 Å². The molecule has 1 aliphatic carbocycles. The molecule has 0 saturated heterocycles. The van der Waals surface area contributed by atoms with Crippen LogP contribution in [0.25, 0.3) is 0 Å². The van der Waals surface area contributed by atoms with E-state index in [1.807, 2.05) is 6.92 Å². The van der Waals surface area contributed by atoms with Crippen LogP contribution in [0, 0.1) is 0 Å². The number of likely N-dealkylation sites (N-methyl/N-ethyl adjacent to an activating group) is 1. The van der Waals surface area contributed by atoms with Gasteiger partial charge in [-0.3, -0.25) is 4.79 Å². The average molecular weight is 225 g/mol. The highest BCUT2D eigenvalue weighted by atomic mass is 16.2. The first-order valence-corrected chi connectivity index (χ1v) is 5.97. The molecule has 1 rings (SSSR count). The van der Waals surface area contributed by atoms with Gasteiger partial charge in [0, 0.05) is 25.7 Å².